The van der Waals surface area contributed by atoms with E-state index in [1.54, 1.807) is 6.07 Å². The van der Waals surface area contributed by atoms with Crippen LogP contribution in [0.15, 0.2) is 36.5 Å². The first-order chi connectivity index (χ1) is 13.3. The maximum atomic E-state index is 12.7. The smallest absolute Gasteiger partial charge is 0.305 e. The molecule has 2 heterocycles. The fourth-order valence-electron chi connectivity index (χ4n) is 2.88. The zero-order valence-electron chi connectivity index (χ0n) is 15.5. The molecule has 146 valence electrons. The highest BCUT2D eigenvalue weighted by atomic mass is 35.5. The average molecular weight is 402 g/mol. The summed E-state index contributed by atoms with van der Waals surface area (Å²) in [6.07, 6.45) is 1.36. The van der Waals surface area contributed by atoms with E-state index < -0.39 is 5.97 Å². The van der Waals surface area contributed by atoms with Gasteiger partial charge in [0, 0.05) is 11.2 Å². The number of carboxylic acids is 1. The van der Waals surface area contributed by atoms with Crippen molar-refractivity contribution >= 4 is 29.2 Å². The van der Waals surface area contributed by atoms with Crippen LogP contribution in [0.5, 0.6) is 0 Å². The SMILES string of the molecule is Cc1nn(Cc2ccc(Cl)cc2)c(C)c1NC(=O)c1ccnn1CCC(=O)O. The quantitative estimate of drug-likeness (QED) is 0.633. The molecule has 0 aliphatic rings. The van der Waals surface area contributed by atoms with Crippen molar-refractivity contribution < 1.29 is 14.7 Å². The number of aromatic nitrogens is 4. The maximum Gasteiger partial charge on any atom is 0.305 e. The molecule has 0 atom stereocenters. The molecule has 2 aromatic heterocycles. The fourth-order valence-corrected chi connectivity index (χ4v) is 3.00. The van der Waals surface area contributed by atoms with Gasteiger partial charge in [-0.05, 0) is 37.6 Å². The van der Waals surface area contributed by atoms with E-state index >= 15 is 0 Å². The van der Waals surface area contributed by atoms with Gasteiger partial charge in [-0.2, -0.15) is 10.2 Å². The molecule has 0 unspecified atom stereocenters. The van der Waals surface area contributed by atoms with E-state index in [9.17, 15) is 9.59 Å². The lowest BCUT2D eigenvalue weighted by atomic mass is 10.2. The number of hydrogen-bond acceptors (Lipinski definition) is 4. The molecule has 0 aliphatic carbocycles. The summed E-state index contributed by atoms with van der Waals surface area (Å²) in [4.78, 5) is 23.4. The van der Waals surface area contributed by atoms with Crippen molar-refractivity contribution in [2.75, 3.05) is 5.32 Å². The Kier molecular flexibility index (Phi) is 5.79. The number of anilines is 1. The fraction of sp³-hybridized carbons (Fsp3) is 0.263. The third-order valence-electron chi connectivity index (χ3n) is 4.35. The van der Waals surface area contributed by atoms with E-state index in [4.69, 9.17) is 16.7 Å². The van der Waals surface area contributed by atoms with Crippen LogP contribution in [-0.4, -0.2) is 36.5 Å². The van der Waals surface area contributed by atoms with Crippen molar-refractivity contribution in [3.63, 3.8) is 0 Å². The van der Waals surface area contributed by atoms with E-state index in [0.29, 0.717) is 28.6 Å². The Balaban J connectivity index is 1.77. The zero-order chi connectivity index (χ0) is 20.3. The largest absolute Gasteiger partial charge is 0.481 e. The van der Waals surface area contributed by atoms with Crippen molar-refractivity contribution in [2.24, 2.45) is 0 Å². The second-order valence-corrected chi connectivity index (χ2v) is 6.80. The van der Waals surface area contributed by atoms with Gasteiger partial charge in [0.15, 0.2) is 0 Å². The van der Waals surface area contributed by atoms with E-state index in [-0.39, 0.29) is 18.9 Å². The lowest BCUT2D eigenvalue weighted by molar-refractivity contribution is -0.137. The van der Waals surface area contributed by atoms with Crippen molar-refractivity contribution in [1.82, 2.24) is 19.6 Å². The summed E-state index contributed by atoms with van der Waals surface area (Å²) in [5.74, 6) is -1.31. The average Bonchev–Trinajstić information content (AvgIpc) is 3.22. The number of halogens is 1. The van der Waals surface area contributed by atoms with Gasteiger partial charge in [-0.3, -0.25) is 19.0 Å². The molecule has 0 aliphatic heterocycles. The van der Waals surface area contributed by atoms with Crippen molar-refractivity contribution in [3.8, 4) is 0 Å². The molecule has 8 nitrogen and oxygen atoms in total. The molecule has 3 aromatic rings. The van der Waals surface area contributed by atoms with Crippen LogP contribution in [0.1, 0.15) is 33.9 Å². The molecule has 0 radical (unpaired) electrons. The summed E-state index contributed by atoms with van der Waals surface area (Å²) in [5.41, 5.74) is 3.48. The molecular formula is C19H20ClN5O3. The number of carbonyl (C=O) groups is 2. The molecule has 0 saturated heterocycles. The van der Waals surface area contributed by atoms with Crippen molar-refractivity contribution in [2.45, 2.75) is 33.4 Å². The molecule has 0 fully saturated rings. The molecule has 3 rings (SSSR count). The molecule has 2 N–H and O–H groups in total. The van der Waals surface area contributed by atoms with Gasteiger partial charge in [0.25, 0.3) is 5.91 Å². The van der Waals surface area contributed by atoms with E-state index in [0.717, 1.165) is 11.3 Å². The highest BCUT2D eigenvalue weighted by molar-refractivity contribution is 6.30. The molecule has 1 aromatic carbocycles. The topological polar surface area (TPSA) is 102 Å². The number of nitrogens with zero attached hydrogens (tertiary/aromatic N) is 4. The van der Waals surface area contributed by atoms with Crippen molar-refractivity contribution in [3.05, 3.63) is 64.2 Å². The van der Waals surface area contributed by atoms with Crippen LogP contribution in [-0.2, 0) is 17.9 Å². The number of nitrogens with one attached hydrogen (secondary N) is 1. The predicted octanol–water partition coefficient (Wildman–Crippen LogP) is 3.13. The number of aryl methyl sites for hydroxylation is 2. The first-order valence-electron chi connectivity index (χ1n) is 8.68. The van der Waals surface area contributed by atoms with Crippen LogP contribution in [0.2, 0.25) is 5.02 Å². The summed E-state index contributed by atoms with van der Waals surface area (Å²) in [6, 6.07) is 9.06. The Hall–Kier alpha value is -3.13. The second kappa shape index (κ2) is 8.26. The summed E-state index contributed by atoms with van der Waals surface area (Å²) < 4.78 is 3.20. The Morgan fingerprint density at radius 1 is 1.14 bits per heavy atom. The van der Waals surface area contributed by atoms with Crippen LogP contribution < -0.4 is 5.32 Å². The second-order valence-electron chi connectivity index (χ2n) is 6.37. The van der Waals surface area contributed by atoms with E-state index in [1.165, 1.54) is 10.9 Å². The van der Waals surface area contributed by atoms with Gasteiger partial charge < -0.3 is 10.4 Å². The number of rotatable bonds is 7. The van der Waals surface area contributed by atoms with Gasteiger partial charge in [0.2, 0.25) is 0 Å². The molecule has 0 bridgehead atoms. The number of amides is 1. The van der Waals surface area contributed by atoms with Crippen LogP contribution in [0, 0.1) is 13.8 Å². The van der Waals surface area contributed by atoms with Gasteiger partial charge in [0.05, 0.1) is 36.6 Å². The number of aliphatic carboxylic acids is 1. The molecule has 1 amide bonds. The Morgan fingerprint density at radius 2 is 1.86 bits per heavy atom. The first kappa shape index (κ1) is 19.6. The molecule has 28 heavy (non-hydrogen) atoms. The number of hydrogen-bond donors (Lipinski definition) is 2. The molecule has 0 saturated carbocycles. The third-order valence-corrected chi connectivity index (χ3v) is 4.60. The summed E-state index contributed by atoms with van der Waals surface area (Å²) in [7, 11) is 0. The normalized spacial score (nSPS) is 10.8. The maximum absolute atomic E-state index is 12.7. The standard InChI is InChI=1S/C19H20ClN5O3/c1-12-18(13(2)25(23-12)11-14-3-5-15(20)6-4-14)22-19(28)16-7-9-21-24(16)10-8-17(26)27/h3-7,9H,8,10-11H2,1-2H3,(H,22,28)(H,26,27). The van der Waals surface area contributed by atoms with Crippen LogP contribution >= 0.6 is 11.6 Å². The number of benzene rings is 1. The number of carbonyl (C=O) groups excluding carboxylic acids is 1. The highest BCUT2D eigenvalue weighted by Gasteiger charge is 2.18. The van der Waals surface area contributed by atoms with Crippen molar-refractivity contribution in [1.29, 1.82) is 0 Å². The first-order valence-corrected chi connectivity index (χ1v) is 9.06. The van der Waals surface area contributed by atoms with Gasteiger partial charge in [0.1, 0.15) is 5.69 Å². The Labute approximate surface area is 166 Å². The van der Waals surface area contributed by atoms with Gasteiger partial charge in [-0.1, -0.05) is 23.7 Å². The lowest BCUT2D eigenvalue weighted by Gasteiger charge is -2.09. The summed E-state index contributed by atoms with van der Waals surface area (Å²) in [6.45, 7) is 4.38. The predicted molar refractivity (Wildman–Crippen MR) is 105 cm³/mol. The minimum atomic E-state index is -0.947. The Morgan fingerprint density at radius 3 is 2.54 bits per heavy atom. The minimum absolute atomic E-state index is 0.112. The summed E-state index contributed by atoms with van der Waals surface area (Å²) in [5, 5.41) is 20.9. The molecule has 0 spiro atoms. The zero-order valence-corrected chi connectivity index (χ0v) is 16.3. The van der Waals surface area contributed by atoms with Gasteiger partial charge in [-0.25, -0.2) is 0 Å². The van der Waals surface area contributed by atoms with E-state index in [1.807, 2.05) is 42.8 Å². The summed E-state index contributed by atoms with van der Waals surface area (Å²) >= 11 is 5.92. The monoisotopic (exact) mass is 401 g/mol. The number of carboxylic acid groups (broad SMARTS) is 1. The van der Waals surface area contributed by atoms with Gasteiger partial charge >= 0.3 is 5.97 Å². The Bertz CT molecular complexity index is 1010. The lowest BCUT2D eigenvalue weighted by Crippen LogP contribution is -2.19. The molecular weight excluding hydrogens is 382 g/mol. The van der Waals surface area contributed by atoms with Gasteiger partial charge in [-0.15, -0.1) is 0 Å². The highest BCUT2D eigenvalue weighted by Crippen LogP contribution is 2.22. The molecule has 9 heteroatoms. The van der Waals surface area contributed by atoms with Crippen LogP contribution in [0.3, 0.4) is 0 Å². The van der Waals surface area contributed by atoms with E-state index in [2.05, 4.69) is 15.5 Å². The van der Waals surface area contributed by atoms with Crippen LogP contribution in [0.4, 0.5) is 5.69 Å². The third kappa shape index (κ3) is 4.40. The minimum Gasteiger partial charge on any atom is -0.481 e. The van der Waals surface area contributed by atoms with Crippen LogP contribution in [0.25, 0.3) is 0 Å².